The molecule has 0 radical (unpaired) electrons. The summed E-state index contributed by atoms with van der Waals surface area (Å²) < 4.78 is 15.1. The number of carbonyl (C=O) groups is 4. The highest BCUT2D eigenvalue weighted by molar-refractivity contribution is 6.05. The number of alkyl carbamates (subject to hydrolysis) is 2. The molecule has 3 fully saturated rings. The Morgan fingerprint density at radius 3 is 2.22 bits per heavy atom. The molecule has 15 nitrogen and oxygen atoms in total. The molecule has 1 saturated carbocycles. The van der Waals surface area contributed by atoms with Crippen LogP contribution >= 0.6 is 0 Å². The minimum atomic E-state index is -0.892. The quantitative estimate of drug-likeness (QED) is 0.114. The van der Waals surface area contributed by atoms with Gasteiger partial charge in [-0.05, 0) is 85.1 Å². The van der Waals surface area contributed by atoms with Gasteiger partial charge in [-0.1, -0.05) is 56.3 Å². The van der Waals surface area contributed by atoms with Gasteiger partial charge in [-0.2, -0.15) is 0 Å². The summed E-state index contributed by atoms with van der Waals surface area (Å²) in [5.41, 5.74) is 5.70. The minimum absolute atomic E-state index is 0.0684. The molecule has 310 valence electrons. The molecule has 2 aromatic heterocycles. The Balaban J connectivity index is 0.997. The summed E-state index contributed by atoms with van der Waals surface area (Å²) in [6.45, 7) is 6.16. The zero-order valence-corrected chi connectivity index (χ0v) is 34.3. The van der Waals surface area contributed by atoms with E-state index in [1.165, 1.54) is 21.3 Å². The molecule has 3 aliphatic rings. The summed E-state index contributed by atoms with van der Waals surface area (Å²) in [6.07, 6.45) is 4.39. The van der Waals surface area contributed by atoms with E-state index in [9.17, 15) is 19.2 Å². The van der Waals surface area contributed by atoms with Crippen molar-refractivity contribution in [3.63, 3.8) is 0 Å². The fraction of sp³-hybridized carbons (Fsp3) is 0.455. The van der Waals surface area contributed by atoms with Gasteiger partial charge in [-0.3, -0.25) is 9.59 Å². The van der Waals surface area contributed by atoms with Crippen molar-refractivity contribution in [2.75, 3.05) is 27.9 Å². The number of hydrogen-bond donors (Lipinski definition) is 4. The van der Waals surface area contributed by atoms with Crippen LogP contribution < -0.4 is 10.6 Å². The van der Waals surface area contributed by atoms with Crippen LogP contribution in [0.25, 0.3) is 44.2 Å². The normalized spacial score (nSPS) is 21.5. The van der Waals surface area contributed by atoms with E-state index in [1.807, 2.05) is 35.9 Å². The number of amides is 4. The third kappa shape index (κ3) is 7.47. The lowest BCUT2D eigenvalue weighted by atomic mass is 9.97. The summed E-state index contributed by atoms with van der Waals surface area (Å²) in [6, 6.07) is 16.8. The van der Waals surface area contributed by atoms with Gasteiger partial charge in [0.15, 0.2) is 0 Å². The van der Waals surface area contributed by atoms with Crippen molar-refractivity contribution in [2.45, 2.75) is 89.2 Å². The van der Waals surface area contributed by atoms with E-state index >= 15 is 0 Å². The Bertz CT molecular complexity index is 2370. The standard InChI is InChI=1S/C44H52N8O7/c1-23(2)35(49-43(55)58-5)41(53)51-19-7-8-34(51)39-46-32-18-15-28-20-27(14-17-31(28)37(32)48-39)25-9-11-26(12-10-25)33-22-45-40(47-33)38-29-13-16-30(21-29)52(38)42(54)36(24(3)57-4)50-44(56)59-6/h9-12,14-15,17-18,20,22-24,29-30,34-36,38H,7-8,13,16,19,21H2,1-6H3,(H,45,47)(H,46,48)(H,49,55)(H,50,56)/t24-,29+,30-,34+,35+,36+,38+/m1/s1. The smallest absolute Gasteiger partial charge is 0.407 e. The van der Waals surface area contributed by atoms with E-state index < -0.39 is 30.4 Å². The fourth-order valence-corrected chi connectivity index (χ4v) is 9.35. The second-order valence-electron chi connectivity index (χ2n) is 16.3. The molecule has 5 aromatic rings. The molecule has 7 atom stereocenters. The van der Waals surface area contributed by atoms with Gasteiger partial charge in [0.05, 0.1) is 55.3 Å². The lowest BCUT2D eigenvalue weighted by Gasteiger charge is -2.37. The number of carbonyl (C=O) groups excluding carboxylic acids is 4. The molecule has 59 heavy (non-hydrogen) atoms. The van der Waals surface area contributed by atoms with Crippen molar-refractivity contribution in [1.29, 1.82) is 0 Å². The monoisotopic (exact) mass is 804 g/mol. The van der Waals surface area contributed by atoms with Crippen molar-refractivity contribution in [1.82, 2.24) is 40.4 Å². The van der Waals surface area contributed by atoms with E-state index in [4.69, 9.17) is 24.2 Å². The third-order valence-corrected chi connectivity index (χ3v) is 12.5. The highest BCUT2D eigenvalue weighted by atomic mass is 16.5. The second-order valence-corrected chi connectivity index (χ2v) is 16.3. The first-order chi connectivity index (χ1) is 28.5. The molecule has 4 heterocycles. The number of piperidine rings is 1. The number of nitrogens with zero attached hydrogens (tertiary/aromatic N) is 4. The third-order valence-electron chi connectivity index (χ3n) is 12.5. The SMILES string of the molecule is COC(=O)N[C@H](C(=O)N1CCC[C@H]1c1nc2ccc3cc(-c4ccc(-c5cnc([C@@H]6[C@H]7CC[C@H](C7)N6C(=O)[C@@H](NC(=O)OC)[C@@H](C)OC)[nH]5)cc4)ccc3c2[nH]1)C(C)C. The average Bonchev–Trinajstić information content (AvgIpc) is 4.11. The molecular weight excluding hydrogens is 753 g/mol. The first-order valence-corrected chi connectivity index (χ1v) is 20.4. The predicted octanol–water partition coefficient (Wildman–Crippen LogP) is 6.63. The first-order valence-electron chi connectivity index (χ1n) is 20.4. The molecule has 4 amide bonds. The van der Waals surface area contributed by atoms with E-state index in [2.05, 4.69) is 69.1 Å². The molecule has 1 aliphatic carbocycles. The van der Waals surface area contributed by atoms with Gasteiger partial charge in [-0.25, -0.2) is 19.6 Å². The van der Waals surface area contributed by atoms with E-state index in [0.717, 1.165) is 87.9 Å². The number of likely N-dealkylation sites (tertiary alicyclic amines) is 2. The number of hydrogen-bond acceptors (Lipinski definition) is 9. The van der Waals surface area contributed by atoms with Crippen LogP contribution in [0.3, 0.4) is 0 Å². The van der Waals surface area contributed by atoms with E-state index in [1.54, 1.807) is 6.92 Å². The molecule has 2 saturated heterocycles. The number of aromatic amines is 2. The molecule has 15 heteroatoms. The predicted molar refractivity (Wildman–Crippen MR) is 221 cm³/mol. The zero-order chi connectivity index (χ0) is 41.5. The van der Waals surface area contributed by atoms with Crippen LogP contribution in [0.5, 0.6) is 0 Å². The highest BCUT2D eigenvalue weighted by Gasteiger charge is 2.52. The lowest BCUT2D eigenvalue weighted by molar-refractivity contribution is -0.141. The number of benzene rings is 3. The molecule has 0 spiro atoms. The average molecular weight is 805 g/mol. The van der Waals surface area contributed by atoms with Crippen LogP contribution in [0.1, 0.15) is 76.6 Å². The minimum Gasteiger partial charge on any atom is -0.453 e. The topological polar surface area (TPSA) is 184 Å². The number of nitrogens with one attached hydrogen (secondary N) is 4. The number of fused-ring (bicyclic) bond motifs is 5. The van der Waals surface area contributed by atoms with Crippen LogP contribution in [0.2, 0.25) is 0 Å². The summed E-state index contributed by atoms with van der Waals surface area (Å²) in [7, 11) is 4.09. The number of rotatable bonds is 11. The molecule has 8 rings (SSSR count). The number of H-pyrrole nitrogens is 2. The van der Waals surface area contributed by atoms with Gasteiger partial charge in [0.1, 0.15) is 23.7 Å². The molecule has 4 N–H and O–H groups in total. The van der Waals surface area contributed by atoms with Gasteiger partial charge in [0.2, 0.25) is 11.8 Å². The largest absolute Gasteiger partial charge is 0.453 e. The molecule has 2 bridgehead atoms. The van der Waals surface area contributed by atoms with Gasteiger partial charge in [0.25, 0.3) is 0 Å². The molecule has 2 aliphatic heterocycles. The van der Waals surface area contributed by atoms with Gasteiger partial charge >= 0.3 is 12.2 Å². The van der Waals surface area contributed by atoms with Crippen molar-refractivity contribution >= 4 is 45.8 Å². The Morgan fingerprint density at radius 1 is 0.797 bits per heavy atom. The first kappa shape index (κ1) is 39.8. The van der Waals surface area contributed by atoms with Crippen molar-refractivity contribution < 1.29 is 33.4 Å². The Hall–Kier alpha value is -5.96. The molecular formula is C44H52N8O7. The van der Waals surface area contributed by atoms with Crippen LogP contribution in [0.15, 0.2) is 60.8 Å². The number of ether oxygens (including phenoxy) is 3. The summed E-state index contributed by atoms with van der Waals surface area (Å²) in [5.74, 6) is 1.28. The lowest BCUT2D eigenvalue weighted by Crippen LogP contribution is -2.56. The number of imidazole rings is 2. The Morgan fingerprint density at radius 2 is 1.51 bits per heavy atom. The fourth-order valence-electron chi connectivity index (χ4n) is 9.35. The van der Waals surface area contributed by atoms with Crippen LogP contribution in [-0.4, -0.2) is 106 Å². The van der Waals surface area contributed by atoms with E-state index in [-0.39, 0.29) is 41.8 Å². The Kier molecular flexibility index (Phi) is 11.0. The maximum atomic E-state index is 14.0. The summed E-state index contributed by atoms with van der Waals surface area (Å²) >= 11 is 0. The molecule has 3 aromatic carbocycles. The highest BCUT2D eigenvalue weighted by Crippen LogP contribution is 2.50. The van der Waals surface area contributed by atoms with Crippen LogP contribution in [0, 0.1) is 11.8 Å². The maximum absolute atomic E-state index is 14.0. The zero-order valence-electron chi connectivity index (χ0n) is 34.3. The van der Waals surface area contributed by atoms with Gasteiger partial charge in [0, 0.05) is 25.1 Å². The van der Waals surface area contributed by atoms with Crippen LogP contribution in [0.4, 0.5) is 9.59 Å². The van der Waals surface area contributed by atoms with Crippen molar-refractivity contribution in [2.24, 2.45) is 11.8 Å². The van der Waals surface area contributed by atoms with Gasteiger partial charge in [-0.15, -0.1) is 0 Å². The summed E-state index contributed by atoms with van der Waals surface area (Å²) in [4.78, 5) is 72.5. The number of aromatic nitrogens is 4. The number of methoxy groups -OCH3 is 3. The maximum Gasteiger partial charge on any atom is 0.407 e. The van der Waals surface area contributed by atoms with Crippen molar-refractivity contribution in [3.05, 3.63) is 72.4 Å². The van der Waals surface area contributed by atoms with Crippen LogP contribution in [-0.2, 0) is 23.8 Å². The second kappa shape index (κ2) is 16.4. The Labute approximate surface area is 342 Å². The molecule has 0 unspecified atom stereocenters. The van der Waals surface area contributed by atoms with Gasteiger partial charge < -0.3 is 44.6 Å². The summed E-state index contributed by atoms with van der Waals surface area (Å²) in [5, 5.41) is 7.49. The van der Waals surface area contributed by atoms with Crippen molar-refractivity contribution in [3.8, 4) is 22.4 Å². The van der Waals surface area contributed by atoms with E-state index in [0.29, 0.717) is 6.54 Å².